The average molecular weight is 328 g/mol. The summed E-state index contributed by atoms with van der Waals surface area (Å²) in [4.78, 5) is 0. The lowest BCUT2D eigenvalue weighted by Crippen LogP contribution is -2.29. The van der Waals surface area contributed by atoms with Crippen molar-refractivity contribution in [2.45, 2.75) is 0 Å². The number of aromatic nitrogens is 2. The molecule has 2 N–H and O–H groups in total. The fourth-order valence-electron chi connectivity index (χ4n) is 1.38. The first-order valence-electron chi connectivity index (χ1n) is 5.94. The molecule has 0 fully saturated rings. The van der Waals surface area contributed by atoms with E-state index >= 15 is 0 Å². The Labute approximate surface area is 128 Å². The van der Waals surface area contributed by atoms with Crippen LogP contribution in [0.4, 0.5) is 17.3 Å². The summed E-state index contributed by atoms with van der Waals surface area (Å²) < 4.78 is 26.6. The number of halogens is 1. The van der Waals surface area contributed by atoms with Crippen LogP contribution in [0, 0.1) is 0 Å². The summed E-state index contributed by atoms with van der Waals surface area (Å²) in [6, 6.07) is 10.3. The van der Waals surface area contributed by atoms with Crippen molar-refractivity contribution in [2.24, 2.45) is 0 Å². The molecule has 0 saturated carbocycles. The highest BCUT2D eigenvalue weighted by Crippen LogP contribution is 2.23. The highest BCUT2D eigenvalue weighted by atomic mass is 35.5. The molecule has 2 aromatic rings. The summed E-state index contributed by atoms with van der Waals surface area (Å²) in [5.74, 6) is 0.587. The van der Waals surface area contributed by atoms with Gasteiger partial charge in [-0.2, -0.15) is 12.7 Å². The molecular formula is C12H14ClN5O2S. The molecule has 0 unspecified atom stereocenters. The quantitative estimate of drug-likeness (QED) is 0.878. The Kier molecular flexibility index (Phi) is 4.61. The largest absolute Gasteiger partial charge is 0.338 e. The van der Waals surface area contributed by atoms with Gasteiger partial charge in [-0.15, -0.1) is 10.2 Å². The Morgan fingerprint density at radius 2 is 1.67 bits per heavy atom. The van der Waals surface area contributed by atoms with Gasteiger partial charge in [0.05, 0.1) is 10.7 Å². The van der Waals surface area contributed by atoms with Crippen molar-refractivity contribution in [3.05, 3.63) is 41.4 Å². The number of hydrogen-bond acceptors (Lipinski definition) is 5. The third-order valence-corrected chi connectivity index (χ3v) is 4.27. The van der Waals surface area contributed by atoms with Gasteiger partial charge < -0.3 is 5.32 Å². The highest BCUT2D eigenvalue weighted by molar-refractivity contribution is 7.90. The maximum atomic E-state index is 11.6. The third-order valence-electron chi connectivity index (χ3n) is 2.52. The number of anilines is 3. The molecule has 0 spiro atoms. The Balaban J connectivity index is 2.11. The monoisotopic (exact) mass is 327 g/mol. The summed E-state index contributed by atoms with van der Waals surface area (Å²) >= 11 is 6.02. The molecule has 9 heteroatoms. The van der Waals surface area contributed by atoms with E-state index in [1.165, 1.54) is 20.2 Å². The van der Waals surface area contributed by atoms with Gasteiger partial charge in [-0.25, -0.2) is 0 Å². The first kappa shape index (κ1) is 15.5. The predicted molar refractivity (Wildman–Crippen MR) is 83.0 cm³/mol. The molecule has 0 amide bonds. The average Bonchev–Trinajstić information content (AvgIpc) is 2.43. The van der Waals surface area contributed by atoms with E-state index in [4.69, 9.17) is 11.6 Å². The normalized spacial score (nSPS) is 11.4. The van der Waals surface area contributed by atoms with E-state index in [2.05, 4.69) is 20.2 Å². The minimum atomic E-state index is -3.59. The maximum absolute atomic E-state index is 11.6. The van der Waals surface area contributed by atoms with E-state index in [1.54, 1.807) is 18.2 Å². The van der Waals surface area contributed by atoms with Crippen LogP contribution in [0.25, 0.3) is 0 Å². The van der Waals surface area contributed by atoms with Gasteiger partial charge in [0, 0.05) is 14.1 Å². The molecule has 112 valence electrons. The first-order valence-corrected chi connectivity index (χ1v) is 7.76. The van der Waals surface area contributed by atoms with Crippen LogP contribution in [-0.4, -0.2) is 37.0 Å². The Morgan fingerprint density at radius 1 is 1.05 bits per heavy atom. The van der Waals surface area contributed by atoms with E-state index in [9.17, 15) is 8.42 Å². The number of nitrogens with zero attached hydrogens (tertiary/aromatic N) is 3. The molecule has 7 nitrogen and oxygen atoms in total. The van der Waals surface area contributed by atoms with E-state index < -0.39 is 10.2 Å². The molecule has 0 bridgehead atoms. The smallest absolute Gasteiger partial charge is 0.302 e. The van der Waals surface area contributed by atoms with Gasteiger partial charge >= 0.3 is 10.2 Å². The molecule has 2 rings (SSSR count). The Hall–Kier alpha value is -1.90. The third kappa shape index (κ3) is 4.03. The van der Waals surface area contributed by atoms with Gasteiger partial charge in [-0.3, -0.25) is 4.72 Å². The maximum Gasteiger partial charge on any atom is 0.302 e. The van der Waals surface area contributed by atoms with Crippen molar-refractivity contribution in [3.63, 3.8) is 0 Å². The molecule has 0 radical (unpaired) electrons. The zero-order chi connectivity index (χ0) is 15.5. The number of para-hydroxylation sites is 1. The highest BCUT2D eigenvalue weighted by Gasteiger charge is 2.13. The summed E-state index contributed by atoms with van der Waals surface area (Å²) in [5.41, 5.74) is 0.690. The SMILES string of the molecule is CN(C)S(=O)(=O)Nc1ccc(Nc2ccccc2Cl)nn1. The number of benzene rings is 1. The number of hydrogen-bond donors (Lipinski definition) is 2. The summed E-state index contributed by atoms with van der Waals surface area (Å²) in [6.07, 6.45) is 0. The fourth-order valence-corrected chi connectivity index (χ4v) is 2.12. The molecule has 21 heavy (non-hydrogen) atoms. The fraction of sp³-hybridized carbons (Fsp3) is 0.167. The van der Waals surface area contributed by atoms with Crippen molar-refractivity contribution in [3.8, 4) is 0 Å². The van der Waals surface area contributed by atoms with Crippen LogP contribution in [0.2, 0.25) is 5.02 Å². The minimum absolute atomic E-state index is 0.133. The summed E-state index contributed by atoms with van der Waals surface area (Å²) in [6.45, 7) is 0. The molecule has 0 saturated heterocycles. The lowest BCUT2D eigenvalue weighted by molar-refractivity contribution is 0.526. The van der Waals surface area contributed by atoms with E-state index in [0.717, 1.165) is 4.31 Å². The molecule has 1 heterocycles. The van der Waals surface area contributed by atoms with Crippen molar-refractivity contribution < 1.29 is 8.42 Å². The topological polar surface area (TPSA) is 87.2 Å². The van der Waals surface area contributed by atoms with Crippen LogP contribution in [0.5, 0.6) is 0 Å². The summed E-state index contributed by atoms with van der Waals surface area (Å²) in [7, 11) is -0.751. The van der Waals surface area contributed by atoms with Crippen molar-refractivity contribution in [1.29, 1.82) is 0 Å². The molecular weight excluding hydrogens is 314 g/mol. The van der Waals surface area contributed by atoms with Crippen LogP contribution in [0.15, 0.2) is 36.4 Å². The second kappa shape index (κ2) is 6.25. The van der Waals surface area contributed by atoms with Crippen molar-refractivity contribution in [1.82, 2.24) is 14.5 Å². The van der Waals surface area contributed by atoms with Crippen molar-refractivity contribution >= 4 is 39.1 Å². The van der Waals surface area contributed by atoms with Crippen molar-refractivity contribution in [2.75, 3.05) is 24.1 Å². The zero-order valence-electron chi connectivity index (χ0n) is 11.4. The molecule has 1 aromatic carbocycles. The van der Waals surface area contributed by atoms with Crippen LogP contribution in [-0.2, 0) is 10.2 Å². The predicted octanol–water partition coefficient (Wildman–Crippen LogP) is 2.09. The number of rotatable bonds is 5. The Morgan fingerprint density at radius 3 is 2.24 bits per heavy atom. The minimum Gasteiger partial charge on any atom is -0.338 e. The van der Waals surface area contributed by atoms with Gasteiger partial charge in [0.15, 0.2) is 11.6 Å². The molecule has 0 aliphatic heterocycles. The summed E-state index contributed by atoms with van der Waals surface area (Å²) in [5, 5.41) is 11.2. The van der Waals surface area contributed by atoms with E-state index in [-0.39, 0.29) is 5.82 Å². The standard InChI is InChI=1S/C12H14ClN5O2S/c1-18(2)21(19,20)17-12-8-7-11(15-16-12)14-10-6-4-3-5-9(10)13/h3-8H,1-2H3,(H,14,15)(H,16,17). The number of nitrogens with one attached hydrogen (secondary N) is 2. The van der Waals surface area contributed by atoms with Crippen LogP contribution in [0.3, 0.4) is 0 Å². The first-order chi connectivity index (χ1) is 9.88. The van der Waals surface area contributed by atoms with Gasteiger partial charge in [-0.05, 0) is 24.3 Å². The van der Waals surface area contributed by atoms with Gasteiger partial charge in [-0.1, -0.05) is 23.7 Å². The van der Waals surface area contributed by atoms with Gasteiger partial charge in [0.25, 0.3) is 0 Å². The molecule has 0 atom stereocenters. The van der Waals surface area contributed by atoms with Crippen LogP contribution < -0.4 is 10.0 Å². The lowest BCUT2D eigenvalue weighted by Gasteiger charge is -2.12. The molecule has 1 aromatic heterocycles. The van der Waals surface area contributed by atoms with E-state index in [0.29, 0.717) is 16.5 Å². The van der Waals surface area contributed by atoms with E-state index in [1.807, 2.05) is 12.1 Å². The second-order valence-corrected chi connectivity index (χ2v) is 6.59. The zero-order valence-corrected chi connectivity index (χ0v) is 13.0. The second-order valence-electron chi connectivity index (χ2n) is 4.30. The molecule has 0 aliphatic carbocycles. The molecule has 0 aliphatic rings. The lowest BCUT2D eigenvalue weighted by atomic mass is 10.3. The van der Waals surface area contributed by atoms with Crippen LogP contribution in [0.1, 0.15) is 0 Å². The van der Waals surface area contributed by atoms with Crippen LogP contribution >= 0.6 is 11.6 Å². The van der Waals surface area contributed by atoms with Gasteiger partial charge in [0.1, 0.15) is 0 Å². The van der Waals surface area contributed by atoms with Gasteiger partial charge in [0.2, 0.25) is 0 Å². The Bertz CT molecular complexity index is 719.